The summed E-state index contributed by atoms with van der Waals surface area (Å²) in [6, 6.07) is 6.30. The molecule has 20 heavy (non-hydrogen) atoms. The van der Waals surface area contributed by atoms with Gasteiger partial charge in [-0.05, 0) is 37.1 Å². The number of aliphatic hydroxyl groups is 1. The van der Waals surface area contributed by atoms with Gasteiger partial charge < -0.3 is 9.63 Å². The molecule has 0 saturated carbocycles. The van der Waals surface area contributed by atoms with Gasteiger partial charge in [-0.25, -0.2) is 13.1 Å². The van der Waals surface area contributed by atoms with Crippen molar-refractivity contribution in [2.75, 3.05) is 0 Å². The van der Waals surface area contributed by atoms with Gasteiger partial charge in [0.1, 0.15) is 5.76 Å². The lowest BCUT2D eigenvalue weighted by atomic mass is 10.1. The molecular weight excluding hydrogens is 280 g/mol. The van der Waals surface area contributed by atoms with Crippen LogP contribution in [0.3, 0.4) is 0 Å². The van der Waals surface area contributed by atoms with E-state index in [1.807, 2.05) is 6.92 Å². The highest BCUT2D eigenvalue weighted by molar-refractivity contribution is 7.89. The van der Waals surface area contributed by atoms with Gasteiger partial charge in [0.25, 0.3) is 0 Å². The van der Waals surface area contributed by atoms with E-state index in [1.165, 1.54) is 12.1 Å². The molecule has 0 unspecified atom stereocenters. The van der Waals surface area contributed by atoms with Gasteiger partial charge in [-0.1, -0.05) is 11.2 Å². The van der Waals surface area contributed by atoms with Crippen LogP contribution in [0.4, 0.5) is 0 Å². The molecule has 1 heterocycles. The number of hydrogen-bond acceptors (Lipinski definition) is 5. The fraction of sp³-hybridized carbons (Fsp3) is 0.308. The second kappa shape index (κ2) is 5.74. The molecule has 6 nitrogen and oxygen atoms in total. The van der Waals surface area contributed by atoms with Gasteiger partial charge in [0.15, 0.2) is 0 Å². The van der Waals surface area contributed by atoms with Crippen molar-refractivity contribution < 1.29 is 18.0 Å². The van der Waals surface area contributed by atoms with Crippen LogP contribution < -0.4 is 4.72 Å². The molecule has 2 N–H and O–H groups in total. The molecular formula is C13H16N2O4S. The standard InChI is InChI=1S/C13H16N2O4S/c1-9-3-4-13(6-11(9)8-16)20(17,18)14-7-12-5-10(2)19-15-12/h3-6,14,16H,7-8H2,1-2H3. The number of aliphatic hydroxyl groups excluding tert-OH is 1. The van der Waals surface area contributed by atoms with Crippen molar-refractivity contribution in [3.05, 3.63) is 46.8 Å². The molecule has 0 fully saturated rings. The van der Waals surface area contributed by atoms with E-state index in [1.54, 1.807) is 19.1 Å². The molecule has 0 bridgehead atoms. The smallest absolute Gasteiger partial charge is 0.240 e. The van der Waals surface area contributed by atoms with Crippen molar-refractivity contribution in [3.8, 4) is 0 Å². The number of benzene rings is 1. The first-order chi connectivity index (χ1) is 9.42. The van der Waals surface area contributed by atoms with E-state index in [4.69, 9.17) is 4.52 Å². The van der Waals surface area contributed by atoms with E-state index in [0.29, 0.717) is 17.0 Å². The third-order valence-electron chi connectivity index (χ3n) is 2.92. The highest BCUT2D eigenvalue weighted by Gasteiger charge is 2.15. The van der Waals surface area contributed by atoms with Crippen LogP contribution in [-0.2, 0) is 23.2 Å². The molecule has 7 heteroatoms. The molecule has 0 radical (unpaired) electrons. The third-order valence-corrected chi connectivity index (χ3v) is 4.32. The zero-order valence-corrected chi connectivity index (χ0v) is 12.1. The lowest BCUT2D eigenvalue weighted by Crippen LogP contribution is -2.23. The first-order valence-corrected chi connectivity index (χ1v) is 7.53. The third kappa shape index (κ3) is 3.24. The number of nitrogens with zero attached hydrogens (tertiary/aromatic N) is 1. The van der Waals surface area contributed by atoms with Crippen LogP contribution in [-0.4, -0.2) is 18.7 Å². The van der Waals surface area contributed by atoms with Crippen molar-refractivity contribution in [1.82, 2.24) is 9.88 Å². The Morgan fingerprint density at radius 2 is 2.05 bits per heavy atom. The van der Waals surface area contributed by atoms with Crippen molar-refractivity contribution in [1.29, 1.82) is 0 Å². The molecule has 0 amide bonds. The minimum atomic E-state index is -3.64. The summed E-state index contributed by atoms with van der Waals surface area (Å²) in [5.41, 5.74) is 1.95. The Kier molecular flexibility index (Phi) is 4.22. The van der Waals surface area contributed by atoms with Crippen molar-refractivity contribution in [3.63, 3.8) is 0 Å². The average Bonchev–Trinajstić information content (AvgIpc) is 2.83. The van der Waals surface area contributed by atoms with Crippen LogP contribution in [0.5, 0.6) is 0 Å². The maximum atomic E-state index is 12.1. The summed E-state index contributed by atoms with van der Waals surface area (Å²) in [6.07, 6.45) is 0. The largest absolute Gasteiger partial charge is 0.392 e. The normalized spacial score (nSPS) is 11.8. The number of aromatic nitrogens is 1. The van der Waals surface area contributed by atoms with Crippen LogP contribution in [0, 0.1) is 13.8 Å². The number of nitrogens with one attached hydrogen (secondary N) is 1. The van der Waals surface area contributed by atoms with E-state index in [-0.39, 0.29) is 18.0 Å². The highest BCUT2D eigenvalue weighted by Crippen LogP contribution is 2.16. The zero-order valence-electron chi connectivity index (χ0n) is 11.3. The van der Waals surface area contributed by atoms with Gasteiger partial charge >= 0.3 is 0 Å². The van der Waals surface area contributed by atoms with Crippen LogP contribution in [0.25, 0.3) is 0 Å². The topological polar surface area (TPSA) is 92.4 Å². The zero-order chi connectivity index (χ0) is 14.8. The summed E-state index contributed by atoms with van der Waals surface area (Å²) in [5.74, 6) is 0.622. The van der Waals surface area contributed by atoms with Gasteiger partial charge in [0, 0.05) is 6.07 Å². The second-order valence-corrected chi connectivity index (χ2v) is 6.27. The Bertz CT molecular complexity index is 707. The summed E-state index contributed by atoms with van der Waals surface area (Å²) in [6.45, 7) is 3.41. The van der Waals surface area contributed by atoms with Gasteiger partial charge in [-0.3, -0.25) is 0 Å². The fourth-order valence-electron chi connectivity index (χ4n) is 1.74. The van der Waals surface area contributed by atoms with Crippen molar-refractivity contribution in [2.24, 2.45) is 0 Å². The van der Waals surface area contributed by atoms with E-state index >= 15 is 0 Å². The molecule has 2 rings (SSSR count). The number of rotatable bonds is 5. The van der Waals surface area contributed by atoms with Crippen LogP contribution >= 0.6 is 0 Å². The molecule has 2 aromatic rings. The molecule has 0 aliphatic heterocycles. The first kappa shape index (κ1) is 14.7. The minimum absolute atomic E-state index is 0.0575. The Balaban J connectivity index is 2.17. The quantitative estimate of drug-likeness (QED) is 0.866. The molecule has 0 aliphatic rings. The first-order valence-electron chi connectivity index (χ1n) is 6.04. The molecule has 0 atom stereocenters. The molecule has 0 aliphatic carbocycles. The van der Waals surface area contributed by atoms with Gasteiger partial charge in [-0.2, -0.15) is 0 Å². The van der Waals surface area contributed by atoms with Gasteiger partial charge in [0.2, 0.25) is 10.0 Å². The average molecular weight is 296 g/mol. The summed E-state index contributed by atoms with van der Waals surface area (Å²) in [5, 5.41) is 12.9. The van der Waals surface area contributed by atoms with Crippen LogP contribution in [0.2, 0.25) is 0 Å². The molecule has 108 valence electrons. The number of sulfonamides is 1. The SMILES string of the molecule is Cc1cc(CNS(=O)(=O)c2ccc(C)c(CO)c2)no1. The predicted octanol–water partition coefficient (Wildman–Crippen LogP) is 1.26. The van der Waals surface area contributed by atoms with Crippen LogP contribution in [0.15, 0.2) is 33.7 Å². The summed E-state index contributed by atoms with van der Waals surface area (Å²) in [4.78, 5) is 0.118. The predicted molar refractivity (Wildman–Crippen MR) is 72.4 cm³/mol. The minimum Gasteiger partial charge on any atom is -0.392 e. The van der Waals surface area contributed by atoms with E-state index in [9.17, 15) is 13.5 Å². The van der Waals surface area contributed by atoms with Crippen molar-refractivity contribution in [2.45, 2.75) is 31.9 Å². The Morgan fingerprint density at radius 3 is 2.65 bits per heavy atom. The highest BCUT2D eigenvalue weighted by atomic mass is 32.2. The maximum Gasteiger partial charge on any atom is 0.240 e. The van der Waals surface area contributed by atoms with E-state index < -0.39 is 10.0 Å². The number of hydrogen-bond donors (Lipinski definition) is 2. The monoisotopic (exact) mass is 296 g/mol. The molecule has 0 saturated heterocycles. The van der Waals surface area contributed by atoms with Gasteiger partial charge in [0.05, 0.1) is 23.7 Å². The van der Waals surface area contributed by atoms with Crippen LogP contribution in [0.1, 0.15) is 22.6 Å². The summed E-state index contributed by atoms with van der Waals surface area (Å²) < 4.78 is 31.6. The summed E-state index contributed by atoms with van der Waals surface area (Å²) in [7, 11) is -3.64. The van der Waals surface area contributed by atoms with Crippen molar-refractivity contribution >= 4 is 10.0 Å². The Labute approximate surface area is 117 Å². The Morgan fingerprint density at radius 1 is 1.30 bits per heavy atom. The lowest BCUT2D eigenvalue weighted by Gasteiger charge is -2.08. The van der Waals surface area contributed by atoms with E-state index in [0.717, 1.165) is 5.56 Å². The Hall–Kier alpha value is -1.70. The van der Waals surface area contributed by atoms with E-state index in [2.05, 4.69) is 9.88 Å². The molecule has 0 spiro atoms. The molecule has 1 aromatic carbocycles. The lowest BCUT2D eigenvalue weighted by molar-refractivity contribution is 0.280. The number of aryl methyl sites for hydroxylation is 2. The van der Waals surface area contributed by atoms with Gasteiger partial charge in [-0.15, -0.1) is 0 Å². The fourth-order valence-corrected chi connectivity index (χ4v) is 2.79. The summed E-state index contributed by atoms with van der Waals surface area (Å²) >= 11 is 0. The maximum absolute atomic E-state index is 12.1. The second-order valence-electron chi connectivity index (χ2n) is 4.50. The molecule has 1 aromatic heterocycles.